The van der Waals surface area contributed by atoms with Crippen molar-refractivity contribution in [2.24, 2.45) is 34.3 Å². The van der Waals surface area contributed by atoms with Crippen LogP contribution in [0.1, 0.15) is 84.6 Å². The quantitative estimate of drug-likeness (QED) is 0.0918. The third-order valence-electron chi connectivity index (χ3n) is 15.0. The zero-order chi connectivity index (χ0) is 46.2. The number of carbonyl (C=O) groups excluding carboxylic acids is 7. The van der Waals surface area contributed by atoms with E-state index in [-0.39, 0.29) is 59.5 Å². The predicted octanol–water partition coefficient (Wildman–Crippen LogP) is 2.77. The van der Waals surface area contributed by atoms with Crippen LogP contribution in [0.2, 0.25) is 0 Å². The molecule has 11 atom stereocenters. The molecule has 7 N–H and O–H groups in total. The fourth-order valence-electron chi connectivity index (χ4n) is 12.6. The number of anilines is 1. The van der Waals surface area contributed by atoms with E-state index >= 15 is 0 Å². The maximum absolute atomic E-state index is 14.8. The van der Waals surface area contributed by atoms with Crippen LogP contribution in [0.5, 0.6) is 0 Å². The second-order valence-electron chi connectivity index (χ2n) is 18.7. The molecule has 18 heteroatoms. The number of alkyl carbamates (subject to hydrolysis) is 1. The number of amides is 5. The van der Waals surface area contributed by atoms with E-state index in [0.29, 0.717) is 43.5 Å². The van der Waals surface area contributed by atoms with Crippen molar-refractivity contribution in [1.82, 2.24) is 20.9 Å². The van der Waals surface area contributed by atoms with Crippen molar-refractivity contribution in [2.75, 3.05) is 38.7 Å². The van der Waals surface area contributed by atoms with Crippen LogP contribution in [0.15, 0.2) is 48.1 Å². The summed E-state index contributed by atoms with van der Waals surface area (Å²) in [4.78, 5) is 91.2. The Kier molecular flexibility index (Phi) is 13.4. The van der Waals surface area contributed by atoms with Crippen molar-refractivity contribution in [3.63, 3.8) is 0 Å². The van der Waals surface area contributed by atoms with Crippen molar-refractivity contribution >= 4 is 47.2 Å². The van der Waals surface area contributed by atoms with Crippen LogP contribution in [0.25, 0.3) is 0 Å². The van der Waals surface area contributed by atoms with E-state index in [9.17, 15) is 38.7 Å². The van der Waals surface area contributed by atoms with Gasteiger partial charge in [0, 0.05) is 47.0 Å². The number of urea groups is 1. The van der Waals surface area contributed by atoms with Gasteiger partial charge in [-0.1, -0.05) is 57.9 Å². The molecule has 5 amide bonds. The molecule has 18 nitrogen and oxygen atoms in total. The lowest BCUT2D eigenvalue weighted by Gasteiger charge is -2.76. The number of nitrogens with one attached hydrogen (secondary N) is 4. The summed E-state index contributed by atoms with van der Waals surface area (Å²) in [6.45, 7) is 6.79. The summed E-state index contributed by atoms with van der Waals surface area (Å²) in [6, 6.07) is 4.36. The first-order valence-electron chi connectivity index (χ1n) is 22.4. The summed E-state index contributed by atoms with van der Waals surface area (Å²) in [5.41, 5.74) is 4.65. The maximum atomic E-state index is 14.8. The molecule has 4 aliphatic carbocycles. The number of ether oxygens (including phenoxy) is 4. The van der Waals surface area contributed by atoms with Crippen molar-refractivity contribution < 1.29 is 57.6 Å². The lowest BCUT2D eigenvalue weighted by Crippen LogP contribution is -2.82. The molecule has 6 aliphatic rings. The number of esters is 1. The number of aliphatic hydroxyl groups excluding tert-OH is 1. The minimum absolute atomic E-state index is 0.0168. The molecule has 3 saturated carbocycles. The van der Waals surface area contributed by atoms with E-state index in [4.69, 9.17) is 24.7 Å². The summed E-state index contributed by atoms with van der Waals surface area (Å²) in [5.74, 6) is -2.01. The molecule has 2 saturated heterocycles. The Morgan fingerprint density at radius 1 is 1.05 bits per heavy atom. The van der Waals surface area contributed by atoms with Crippen molar-refractivity contribution in [3.05, 3.63) is 53.6 Å². The number of hydrogen-bond donors (Lipinski definition) is 6. The topological polar surface area (TPSA) is 254 Å². The molecule has 64 heavy (non-hydrogen) atoms. The summed E-state index contributed by atoms with van der Waals surface area (Å²) < 4.78 is 24.2. The van der Waals surface area contributed by atoms with Gasteiger partial charge in [-0.2, -0.15) is 0 Å². The molecule has 5 fully saturated rings. The second kappa shape index (κ2) is 18.4. The van der Waals surface area contributed by atoms with E-state index in [1.54, 1.807) is 36.4 Å². The minimum atomic E-state index is -1.46. The van der Waals surface area contributed by atoms with Crippen molar-refractivity contribution in [3.8, 4) is 0 Å². The van der Waals surface area contributed by atoms with Crippen LogP contribution in [0.4, 0.5) is 15.3 Å². The zero-order valence-corrected chi connectivity index (χ0v) is 37.2. The molecular weight excluding hydrogens is 829 g/mol. The third-order valence-corrected chi connectivity index (χ3v) is 15.0. The Bertz CT molecular complexity index is 2100. The third kappa shape index (κ3) is 8.11. The second-order valence-corrected chi connectivity index (χ2v) is 18.7. The summed E-state index contributed by atoms with van der Waals surface area (Å²) >= 11 is 0. The Morgan fingerprint density at radius 3 is 2.50 bits per heavy atom. The molecular formula is C46H62N6O12. The molecule has 2 heterocycles. The summed E-state index contributed by atoms with van der Waals surface area (Å²) in [7, 11) is 2.13. The maximum Gasteiger partial charge on any atom is 0.408 e. The van der Waals surface area contributed by atoms with Crippen LogP contribution in [-0.2, 0) is 49.5 Å². The van der Waals surface area contributed by atoms with Crippen LogP contribution in [0, 0.1) is 28.6 Å². The molecule has 2 aliphatic heterocycles. The fraction of sp³-hybridized carbons (Fsp3) is 0.630. The van der Waals surface area contributed by atoms with Gasteiger partial charge in [-0.15, -0.1) is 0 Å². The van der Waals surface area contributed by atoms with Gasteiger partial charge in [0.25, 0.3) is 0 Å². The van der Waals surface area contributed by atoms with Gasteiger partial charge in [0.15, 0.2) is 24.3 Å². The Hall–Kier alpha value is -5.17. The fourth-order valence-corrected chi connectivity index (χ4v) is 12.6. The lowest BCUT2D eigenvalue weighted by molar-refractivity contribution is -0.278. The number of ketones is 2. The van der Waals surface area contributed by atoms with E-state index in [0.717, 1.165) is 24.8 Å². The number of likely N-dealkylation sites (tertiary alicyclic amines) is 1. The monoisotopic (exact) mass is 890 g/mol. The number of Topliss-reactive ketones (excluding diaryl/α,β-unsaturated/α-hetero) is 1. The van der Waals surface area contributed by atoms with Gasteiger partial charge in [-0.05, 0) is 87.3 Å². The molecule has 1 spiro atoms. The van der Waals surface area contributed by atoms with E-state index in [1.807, 2.05) is 6.92 Å². The van der Waals surface area contributed by atoms with Crippen LogP contribution in [-0.4, -0.2) is 120 Å². The van der Waals surface area contributed by atoms with E-state index in [2.05, 4.69) is 60.1 Å². The summed E-state index contributed by atoms with van der Waals surface area (Å²) in [6.07, 6.45) is 8.43. The van der Waals surface area contributed by atoms with Crippen molar-refractivity contribution in [1.29, 1.82) is 0 Å². The number of carbonyl (C=O) groups is 7. The Balaban J connectivity index is 0.915. The number of rotatable bonds is 18. The molecule has 7 rings (SSSR count). The van der Waals surface area contributed by atoms with E-state index < -0.39 is 79.0 Å². The smallest absolute Gasteiger partial charge is 0.408 e. The highest BCUT2D eigenvalue weighted by Crippen LogP contribution is 2.78. The largest absolute Gasteiger partial charge is 0.456 e. The highest BCUT2D eigenvalue weighted by atomic mass is 16.7. The first-order valence-corrected chi connectivity index (χ1v) is 22.4. The van der Waals surface area contributed by atoms with E-state index in [1.165, 1.54) is 0 Å². The van der Waals surface area contributed by atoms with Crippen LogP contribution in [0.3, 0.4) is 0 Å². The van der Waals surface area contributed by atoms with Gasteiger partial charge in [0.05, 0.1) is 6.61 Å². The number of primary amides is 1. The average molecular weight is 891 g/mol. The number of allylic oxidation sites excluding steroid dienone is 4. The van der Waals surface area contributed by atoms with Crippen LogP contribution < -0.4 is 27.0 Å². The lowest BCUT2D eigenvalue weighted by atomic mass is 9.38. The van der Waals surface area contributed by atoms with Gasteiger partial charge in [-0.25, -0.2) is 9.59 Å². The number of fused-ring (bicyclic) bond motifs is 5. The van der Waals surface area contributed by atoms with Crippen LogP contribution >= 0.6 is 0 Å². The minimum Gasteiger partial charge on any atom is -0.456 e. The molecule has 1 aromatic carbocycles. The molecule has 1 aromatic rings. The van der Waals surface area contributed by atoms with Gasteiger partial charge in [-0.3, -0.25) is 28.9 Å². The predicted molar refractivity (Wildman–Crippen MR) is 230 cm³/mol. The Labute approximate surface area is 372 Å². The molecule has 4 unspecified atom stereocenters. The number of nitrogens with two attached hydrogens (primary N) is 1. The highest BCUT2D eigenvalue weighted by molar-refractivity contribution is 6.01. The standard InChI is InChI=1S/C46H62N6O12/c1-6-9-35-63-39-36-38-44(4,21-26(2)37-43(3)17-16-30(54)20-28(43)15-18-45(37,38)52(36)5)46(39,64-35)32(55)25-61-34(57)22-49-40(58)31(23-53)51-42(60)62-24-27-11-13-29(14-12-27)50-33(56)10-7-8-19-48-41(47)59/h11-14,16-17,20,26,31,35-39,53H,6-10,15,18-19,21-25H2,1-5H3,(H,49,58)(H,50,56)(H,51,60)(H3,47,48,59)/t26-,31-,35?,36?,37?,38?,39+,43-,44-,45-,46+/m0/s1. The molecule has 0 aromatic heterocycles. The molecule has 0 bridgehead atoms. The zero-order valence-electron chi connectivity index (χ0n) is 37.2. The normalized spacial score (nSPS) is 33.5. The number of aliphatic hydroxyl groups is 1. The van der Waals surface area contributed by atoms with Gasteiger partial charge < -0.3 is 51.1 Å². The van der Waals surface area contributed by atoms with Gasteiger partial charge in [0.2, 0.25) is 17.6 Å². The first kappa shape index (κ1) is 46.8. The number of unbranched alkanes of at least 4 members (excludes halogenated alkanes) is 1. The summed E-state index contributed by atoms with van der Waals surface area (Å²) in [5, 5.41) is 19.7. The highest BCUT2D eigenvalue weighted by Gasteiger charge is 2.87. The van der Waals surface area contributed by atoms with Crippen molar-refractivity contribution in [2.45, 2.75) is 121 Å². The number of benzene rings is 1. The number of hydrogen-bond acceptors (Lipinski definition) is 13. The number of nitrogens with zero attached hydrogens (tertiary/aromatic N) is 1. The first-order chi connectivity index (χ1) is 30.4. The Morgan fingerprint density at radius 2 is 1.80 bits per heavy atom. The average Bonchev–Trinajstić information content (AvgIpc) is 3.73. The molecule has 0 radical (unpaired) electrons. The SMILES string of the molecule is CCCC1O[C@@H]2C3C4[C@@]5(CCC6=CC(=O)C=C[C@]6(C)C5[C@@H](C)C[C@]4(C)[C@]2(C(=O)COC(=O)CNC(=O)[C@H](CO)NC(=O)OCc2ccc(NC(=O)CCCCNC(N)=O)cc2)O1)N3C. The number of likely N-dealkylation sites (N-methyl/N-ethyl adjacent to an activating group) is 1. The van der Waals surface area contributed by atoms with Gasteiger partial charge >= 0.3 is 18.1 Å². The van der Waals surface area contributed by atoms with Gasteiger partial charge in [0.1, 0.15) is 25.3 Å². The molecule has 348 valence electrons.